The summed E-state index contributed by atoms with van der Waals surface area (Å²) in [7, 11) is 5.36. The van der Waals surface area contributed by atoms with Crippen molar-refractivity contribution in [2.24, 2.45) is 0 Å². The molecule has 1 N–H and O–H groups in total. The van der Waals surface area contributed by atoms with Crippen LogP contribution in [0.4, 0.5) is 5.82 Å². The smallest absolute Gasteiger partial charge is 0.376 e. The lowest BCUT2D eigenvalue weighted by atomic mass is 10.4. The average molecular weight is 238 g/mol. The molecule has 0 amide bonds. The maximum absolute atomic E-state index is 11.2. The topological polar surface area (TPSA) is 67.3 Å². The molecule has 0 aliphatic rings. The minimum Gasteiger partial charge on any atom is -0.463 e. The Balaban J connectivity index is 2.46. The number of aromatic nitrogens is 2. The number of carbonyl (C=O) groups excluding carboxylic acids is 1. The standard InChI is InChI=1S/C11H18N4O2/c1-15(2)8-4-6-12-9-5-7-13-10(14-9)11(16)17-3/h5,7H,4,6,8H2,1-3H3,(H,12,13,14). The lowest BCUT2D eigenvalue weighted by molar-refractivity contribution is 0.0587. The first-order valence-electron chi connectivity index (χ1n) is 5.43. The van der Waals surface area contributed by atoms with Crippen LogP contribution in [0.2, 0.25) is 0 Å². The molecule has 0 radical (unpaired) electrons. The number of carbonyl (C=O) groups is 1. The molecule has 17 heavy (non-hydrogen) atoms. The predicted octanol–water partition coefficient (Wildman–Crippen LogP) is 0.627. The molecule has 0 bridgehead atoms. The van der Waals surface area contributed by atoms with Gasteiger partial charge in [0.1, 0.15) is 5.82 Å². The highest BCUT2D eigenvalue weighted by atomic mass is 16.5. The van der Waals surface area contributed by atoms with Crippen LogP contribution in [-0.2, 0) is 4.74 Å². The van der Waals surface area contributed by atoms with E-state index in [9.17, 15) is 4.79 Å². The number of nitrogens with zero attached hydrogens (tertiary/aromatic N) is 3. The van der Waals surface area contributed by atoms with Crippen molar-refractivity contribution in [2.45, 2.75) is 6.42 Å². The van der Waals surface area contributed by atoms with Crippen molar-refractivity contribution >= 4 is 11.8 Å². The number of hydrogen-bond donors (Lipinski definition) is 1. The van der Waals surface area contributed by atoms with Crippen LogP contribution in [0.25, 0.3) is 0 Å². The first-order valence-corrected chi connectivity index (χ1v) is 5.43. The van der Waals surface area contributed by atoms with Gasteiger partial charge in [0.25, 0.3) is 0 Å². The van der Waals surface area contributed by atoms with Crippen LogP contribution >= 0.6 is 0 Å². The number of anilines is 1. The molecule has 1 aromatic heterocycles. The van der Waals surface area contributed by atoms with Gasteiger partial charge in [-0.2, -0.15) is 0 Å². The molecular weight excluding hydrogens is 220 g/mol. The van der Waals surface area contributed by atoms with E-state index in [1.807, 2.05) is 14.1 Å². The summed E-state index contributed by atoms with van der Waals surface area (Å²) in [4.78, 5) is 21.2. The fourth-order valence-electron chi connectivity index (χ4n) is 1.26. The Labute approximate surface area is 101 Å². The van der Waals surface area contributed by atoms with E-state index in [1.165, 1.54) is 13.3 Å². The van der Waals surface area contributed by atoms with E-state index in [-0.39, 0.29) is 5.82 Å². The molecular formula is C11H18N4O2. The van der Waals surface area contributed by atoms with Gasteiger partial charge in [0, 0.05) is 12.7 Å². The number of ether oxygens (including phenoxy) is 1. The van der Waals surface area contributed by atoms with E-state index in [2.05, 4.69) is 24.9 Å². The fraction of sp³-hybridized carbons (Fsp3) is 0.545. The third-order valence-corrected chi connectivity index (χ3v) is 2.11. The monoisotopic (exact) mass is 238 g/mol. The Bertz CT molecular complexity index is 368. The van der Waals surface area contributed by atoms with Crippen molar-refractivity contribution in [2.75, 3.05) is 39.6 Å². The van der Waals surface area contributed by atoms with Crippen LogP contribution in [0, 0.1) is 0 Å². The Hall–Kier alpha value is -1.69. The van der Waals surface area contributed by atoms with Crippen molar-refractivity contribution in [3.63, 3.8) is 0 Å². The van der Waals surface area contributed by atoms with Crippen LogP contribution in [0.1, 0.15) is 17.0 Å². The van der Waals surface area contributed by atoms with E-state index in [0.717, 1.165) is 19.5 Å². The molecule has 0 saturated heterocycles. The predicted molar refractivity (Wildman–Crippen MR) is 65.0 cm³/mol. The number of methoxy groups -OCH3 is 1. The summed E-state index contributed by atoms with van der Waals surface area (Å²) < 4.78 is 4.55. The quantitative estimate of drug-likeness (QED) is 0.579. The molecule has 94 valence electrons. The van der Waals surface area contributed by atoms with Crippen LogP contribution < -0.4 is 5.32 Å². The highest BCUT2D eigenvalue weighted by Gasteiger charge is 2.08. The molecule has 0 aromatic carbocycles. The van der Waals surface area contributed by atoms with E-state index in [0.29, 0.717) is 5.82 Å². The van der Waals surface area contributed by atoms with Crippen LogP contribution in [0.15, 0.2) is 12.3 Å². The highest BCUT2D eigenvalue weighted by Crippen LogP contribution is 2.02. The molecule has 1 rings (SSSR count). The normalized spacial score (nSPS) is 10.4. The molecule has 0 aliphatic heterocycles. The van der Waals surface area contributed by atoms with Crippen molar-refractivity contribution in [3.8, 4) is 0 Å². The first-order chi connectivity index (χ1) is 8.13. The molecule has 0 fully saturated rings. The summed E-state index contributed by atoms with van der Waals surface area (Å²) in [5.41, 5.74) is 0. The Morgan fingerprint density at radius 2 is 2.29 bits per heavy atom. The van der Waals surface area contributed by atoms with E-state index < -0.39 is 5.97 Å². The lowest BCUT2D eigenvalue weighted by Crippen LogP contribution is -2.17. The average Bonchev–Trinajstić information content (AvgIpc) is 2.34. The molecule has 0 atom stereocenters. The van der Waals surface area contributed by atoms with Crippen molar-refractivity contribution in [3.05, 3.63) is 18.1 Å². The Kier molecular flexibility index (Phi) is 5.35. The number of hydrogen-bond acceptors (Lipinski definition) is 6. The van der Waals surface area contributed by atoms with Gasteiger partial charge in [-0.25, -0.2) is 14.8 Å². The molecule has 0 unspecified atom stereocenters. The zero-order chi connectivity index (χ0) is 12.7. The zero-order valence-corrected chi connectivity index (χ0v) is 10.4. The fourth-order valence-corrected chi connectivity index (χ4v) is 1.26. The first kappa shape index (κ1) is 13.4. The van der Waals surface area contributed by atoms with Crippen LogP contribution in [0.3, 0.4) is 0 Å². The van der Waals surface area contributed by atoms with Gasteiger partial charge < -0.3 is 15.0 Å². The van der Waals surface area contributed by atoms with Crippen molar-refractivity contribution < 1.29 is 9.53 Å². The third kappa shape index (κ3) is 4.78. The second-order valence-electron chi connectivity index (χ2n) is 3.84. The van der Waals surface area contributed by atoms with Crippen molar-refractivity contribution in [1.82, 2.24) is 14.9 Å². The summed E-state index contributed by atoms with van der Waals surface area (Å²) in [6, 6.07) is 1.72. The maximum atomic E-state index is 11.2. The summed E-state index contributed by atoms with van der Waals surface area (Å²) in [6.07, 6.45) is 2.54. The zero-order valence-electron chi connectivity index (χ0n) is 10.4. The van der Waals surface area contributed by atoms with Gasteiger partial charge in [-0.3, -0.25) is 0 Å². The van der Waals surface area contributed by atoms with E-state index >= 15 is 0 Å². The van der Waals surface area contributed by atoms with Gasteiger partial charge in [-0.1, -0.05) is 0 Å². The largest absolute Gasteiger partial charge is 0.463 e. The number of esters is 1. The second kappa shape index (κ2) is 6.80. The summed E-state index contributed by atoms with van der Waals surface area (Å²) in [6.45, 7) is 1.80. The van der Waals surface area contributed by atoms with Gasteiger partial charge in [-0.15, -0.1) is 0 Å². The Morgan fingerprint density at radius 1 is 1.53 bits per heavy atom. The van der Waals surface area contributed by atoms with Crippen molar-refractivity contribution in [1.29, 1.82) is 0 Å². The molecule has 0 saturated carbocycles. The summed E-state index contributed by atoms with van der Waals surface area (Å²) >= 11 is 0. The SMILES string of the molecule is COC(=O)c1nccc(NCCCN(C)C)n1. The molecule has 0 aliphatic carbocycles. The summed E-state index contributed by atoms with van der Waals surface area (Å²) in [5, 5.41) is 3.13. The van der Waals surface area contributed by atoms with Gasteiger partial charge in [0.15, 0.2) is 0 Å². The summed E-state index contributed by atoms with van der Waals surface area (Å²) in [5.74, 6) is 0.186. The van der Waals surface area contributed by atoms with Gasteiger partial charge in [0.2, 0.25) is 5.82 Å². The maximum Gasteiger partial charge on any atom is 0.376 e. The molecule has 1 heterocycles. The second-order valence-corrected chi connectivity index (χ2v) is 3.84. The molecule has 6 nitrogen and oxygen atoms in total. The molecule has 0 spiro atoms. The minimum absolute atomic E-state index is 0.0742. The van der Waals surface area contributed by atoms with Crippen LogP contribution in [0.5, 0.6) is 0 Å². The third-order valence-electron chi connectivity index (χ3n) is 2.11. The van der Waals surface area contributed by atoms with Gasteiger partial charge in [-0.05, 0) is 33.1 Å². The minimum atomic E-state index is -0.526. The van der Waals surface area contributed by atoms with E-state index in [4.69, 9.17) is 0 Å². The van der Waals surface area contributed by atoms with Gasteiger partial charge >= 0.3 is 5.97 Å². The Morgan fingerprint density at radius 3 is 2.94 bits per heavy atom. The number of nitrogens with one attached hydrogen (secondary N) is 1. The number of rotatable bonds is 6. The molecule has 1 aromatic rings. The lowest BCUT2D eigenvalue weighted by Gasteiger charge is -2.10. The van der Waals surface area contributed by atoms with E-state index in [1.54, 1.807) is 6.07 Å². The van der Waals surface area contributed by atoms with Crippen LogP contribution in [-0.4, -0.2) is 55.1 Å². The van der Waals surface area contributed by atoms with Gasteiger partial charge in [0.05, 0.1) is 7.11 Å². The highest BCUT2D eigenvalue weighted by molar-refractivity contribution is 5.85. The molecule has 6 heteroatoms.